The van der Waals surface area contributed by atoms with E-state index in [1.807, 2.05) is 12.1 Å². The van der Waals surface area contributed by atoms with Crippen LogP contribution in [0.15, 0.2) is 36.4 Å². The lowest BCUT2D eigenvalue weighted by Gasteiger charge is -2.25. The number of carbonyl (C=O) groups excluding carboxylic acids is 1. The first-order valence-corrected chi connectivity index (χ1v) is 10.6. The molecule has 1 aromatic heterocycles. The van der Waals surface area contributed by atoms with Crippen LogP contribution in [0.3, 0.4) is 0 Å². The molecule has 0 N–H and O–H groups in total. The molecule has 8 heteroatoms. The molecule has 1 fully saturated rings. The molecule has 1 aliphatic heterocycles. The lowest BCUT2D eigenvalue weighted by atomic mass is 10.1. The highest BCUT2D eigenvalue weighted by Gasteiger charge is 2.16. The fourth-order valence-electron chi connectivity index (χ4n) is 3.07. The fourth-order valence-corrected chi connectivity index (χ4v) is 4.58. The van der Waals surface area contributed by atoms with Gasteiger partial charge in [0, 0.05) is 24.2 Å². The number of hydrogen-bond acceptors (Lipinski definition) is 6. The smallest absolute Gasteiger partial charge is 0.349 e. The SMILES string of the molecule is O=C(COc1ccc(Cl)cc1Cl)Oc1ccc2nc(N3CCCCC3)sc2c1. The minimum Gasteiger partial charge on any atom is -0.480 e. The van der Waals surface area contributed by atoms with Crippen molar-refractivity contribution in [2.24, 2.45) is 0 Å². The van der Waals surface area contributed by atoms with E-state index >= 15 is 0 Å². The molecule has 3 aromatic rings. The van der Waals surface area contributed by atoms with Gasteiger partial charge in [0.05, 0.1) is 15.2 Å². The number of fused-ring (bicyclic) bond motifs is 1. The van der Waals surface area contributed by atoms with E-state index in [0.29, 0.717) is 21.5 Å². The summed E-state index contributed by atoms with van der Waals surface area (Å²) in [6.45, 7) is 1.85. The summed E-state index contributed by atoms with van der Waals surface area (Å²) in [5, 5.41) is 1.87. The highest BCUT2D eigenvalue weighted by Crippen LogP contribution is 2.33. The number of aromatic nitrogens is 1. The van der Waals surface area contributed by atoms with Crippen LogP contribution >= 0.6 is 34.5 Å². The topological polar surface area (TPSA) is 51.7 Å². The minimum atomic E-state index is -0.508. The number of benzene rings is 2. The van der Waals surface area contributed by atoms with Gasteiger partial charge in [-0.3, -0.25) is 0 Å². The predicted octanol–water partition coefficient (Wildman–Crippen LogP) is 5.58. The molecule has 28 heavy (non-hydrogen) atoms. The number of carbonyl (C=O) groups is 1. The Hall–Kier alpha value is -2.02. The van der Waals surface area contributed by atoms with Crippen LogP contribution in [0.2, 0.25) is 10.0 Å². The van der Waals surface area contributed by atoms with Crippen molar-refractivity contribution in [2.45, 2.75) is 19.3 Å². The van der Waals surface area contributed by atoms with Gasteiger partial charge < -0.3 is 14.4 Å². The van der Waals surface area contributed by atoms with Crippen LogP contribution in [0, 0.1) is 0 Å². The molecular weight excluding hydrogens is 419 g/mol. The van der Waals surface area contributed by atoms with Crippen molar-refractivity contribution in [1.82, 2.24) is 4.98 Å². The monoisotopic (exact) mass is 436 g/mol. The van der Waals surface area contributed by atoms with E-state index < -0.39 is 5.97 Å². The second-order valence-corrected chi connectivity index (χ2v) is 8.36. The average molecular weight is 437 g/mol. The third-order valence-corrected chi connectivity index (χ3v) is 6.06. The molecule has 1 aliphatic rings. The van der Waals surface area contributed by atoms with Crippen LogP contribution in [-0.4, -0.2) is 30.6 Å². The lowest BCUT2D eigenvalue weighted by Crippen LogP contribution is -2.29. The molecule has 0 atom stereocenters. The molecule has 0 radical (unpaired) electrons. The molecule has 2 heterocycles. The standard InChI is InChI=1S/C20H18Cl2N2O3S/c21-13-4-7-17(15(22)10-13)26-12-19(25)27-14-5-6-16-18(11-14)28-20(23-16)24-8-2-1-3-9-24/h4-7,10-11H,1-3,8-9,12H2. The van der Waals surface area contributed by atoms with Gasteiger partial charge >= 0.3 is 5.97 Å². The number of ether oxygens (including phenoxy) is 2. The van der Waals surface area contributed by atoms with Crippen molar-refractivity contribution >= 4 is 55.9 Å². The Morgan fingerprint density at radius 3 is 2.71 bits per heavy atom. The number of hydrogen-bond donors (Lipinski definition) is 0. The van der Waals surface area contributed by atoms with Crippen molar-refractivity contribution in [3.8, 4) is 11.5 Å². The quantitative estimate of drug-likeness (QED) is 0.386. The second-order valence-electron chi connectivity index (χ2n) is 6.51. The zero-order valence-electron chi connectivity index (χ0n) is 15.0. The van der Waals surface area contributed by atoms with Gasteiger partial charge in [0.25, 0.3) is 0 Å². The van der Waals surface area contributed by atoms with Crippen molar-refractivity contribution < 1.29 is 14.3 Å². The average Bonchev–Trinajstić information content (AvgIpc) is 3.11. The first kappa shape index (κ1) is 19.3. The van der Waals surface area contributed by atoms with Crippen molar-refractivity contribution in [2.75, 3.05) is 24.6 Å². The first-order chi connectivity index (χ1) is 13.6. The van der Waals surface area contributed by atoms with Crippen LogP contribution < -0.4 is 14.4 Å². The number of rotatable bonds is 5. The fraction of sp³-hybridized carbons (Fsp3) is 0.300. The predicted molar refractivity (Wildman–Crippen MR) is 113 cm³/mol. The number of anilines is 1. The molecule has 146 valence electrons. The van der Waals surface area contributed by atoms with E-state index in [9.17, 15) is 4.79 Å². The van der Waals surface area contributed by atoms with E-state index in [2.05, 4.69) is 4.90 Å². The van der Waals surface area contributed by atoms with Crippen molar-refractivity contribution in [3.05, 3.63) is 46.4 Å². The minimum absolute atomic E-state index is 0.249. The summed E-state index contributed by atoms with van der Waals surface area (Å²) < 4.78 is 11.8. The van der Waals surface area contributed by atoms with Gasteiger partial charge in [-0.2, -0.15) is 0 Å². The Kier molecular flexibility index (Phi) is 5.90. The van der Waals surface area contributed by atoms with Gasteiger partial charge in [0.2, 0.25) is 0 Å². The normalized spacial score (nSPS) is 14.3. The van der Waals surface area contributed by atoms with Gasteiger partial charge in [-0.25, -0.2) is 9.78 Å². The summed E-state index contributed by atoms with van der Waals surface area (Å²) in [4.78, 5) is 19.1. The number of halogens is 2. The summed E-state index contributed by atoms with van der Waals surface area (Å²) >= 11 is 13.5. The van der Waals surface area contributed by atoms with E-state index in [4.69, 9.17) is 37.7 Å². The molecule has 2 aromatic carbocycles. The maximum absolute atomic E-state index is 12.1. The summed E-state index contributed by atoms with van der Waals surface area (Å²) in [7, 11) is 0. The third-order valence-electron chi connectivity index (χ3n) is 4.45. The van der Waals surface area contributed by atoms with Gasteiger partial charge in [-0.15, -0.1) is 0 Å². The second kappa shape index (κ2) is 8.55. The Morgan fingerprint density at radius 1 is 1.11 bits per heavy atom. The largest absolute Gasteiger partial charge is 0.480 e. The molecule has 0 aliphatic carbocycles. The van der Waals surface area contributed by atoms with Crippen molar-refractivity contribution in [3.63, 3.8) is 0 Å². The summed E-state index contributed by atoms with van der Waals surface area (Å²) in [5.74, 6) is 0.343. The summed E-state index contributed by atoms with van der Waals surface area (Å²) in [5.41, 5.74) is 0.912. The summed E-state index contributed by atoms with van der Waals surface area (Å²) in [6, 6.07) is 10.3. The van der Waals surface area contributed by atoms with Crippen LogP contribution in [0.4, 0.5) is 5.13 Å². The molecular formula is C20H18Cl2N2O3S. The van der Waals surface area contributed by atoms with E-state index in [1.54, 1.807) is 35.6 Å². The molecule has 0 spiro atoms. The number of piperidine rings is 1. The maximum Gasteiger partial charge on any atom is 0.349 e. The molecule has 0 bridgehead atoms. The highest BCUT2D eigenvalue weighted by atomic mass is 35.5. The Balaban J connectivity index is 1.40. The van der Waals surface area contributed by atoms with Crippen LogP contribution in [0.25, 0.3) is 10.2 Å². The zero-order valence-corrected chi connectivity index (χ0v) is 17.3. The lowest BCUT2D eigenvalue weighted by molar-refractivity contribution is -0.136. The van der Waals surface area contributed by atoms with Gasteiger partial charge in [-0.05, 0) is 49.6 Å². The van der Waals surface area contributed by atoms with Crippen molar-refractivity contribution in [1.29, 1.82) is 0 Å². The van der Waals surface area contributed by atoms with Gasteiger partial charge in [0.15, 0.2) is 11.7 Å². The van der Waals surface area contributed by atoms with Gasteiger partial charge in [0.1, 0.15) is 11.5 Å². The van der Waals surface area contributed by atoms with E-state index in [-0.39, 0.29) is 6.61 Å². The molecule has 4 rings (SSSR count). The molecule has 0 saturated carbocycles. The van der Waals surface area contributed by atoms with Gasteiger partial charge in [-0.1, -0.05) is 34.5 Å². The number of esters is 1. The van der Waals surface area contributed by atoms with Crippen LogP contribution in [0.1, 0.15) is 19.3 Å². The van der Waals surface area contributed by atoms with E-state index in [1.165, 1.54) is 19.3 Å². The Bertz CT molecular complexity index is 1000. The first-order valence-electron chi connectivity index (χ1n) is 9.02. The van der Waals surface area contributed by atoms with E-state index in [0.717, 1.165) is 28.4 Å². The molecule has 1 saturated heterocycles. The maximum atomic E-state index is 12.1. The highest BCUT2D eigenvalue weighted by molar-refractivity contribution is 7.22. The number of thiazole rings is 1. The molecule has 5 nitrogen and oxygen atoms in total. The molecule has 0 amide bonds. The number of nitrogens with zero attached hydrogens (tertiary/aromatic N) is 2. The Labute approximate surface area is 176 Å². The van der Waals surface area contributed by atoms with Crippen LogP contribution in [0.5, 0.6) is 11.5 Å². The van der Waals surface area contributed by atoms with Crippen LogP contribution in [-0.2, 0) is 4.79 Å². The molecule has 0 unspecified atom stereocenters. The third kappa shape index (κ3) is 4.51. The Morgan fingerprint density at radius 2 is 1.93 bits per heavy atom. The summed E-state index contributed by atoms with van der Waals surface area (Å²) in [6.07, 6.45) is 3.69. The zero-order chi connectivity index (χ0) is 19.5.